The molecule has 0 aliphatic heterocycles. The van der Waals surface area contributed by atoms with E-state index in [1.165, 1.54) is 49.1 Å². The molecule has 9 nitrogen and oxygen atoms in total. The molecule has 0 fully saturated rings. The van der Waals surface area contributed by atoms with Crippen molar-refractivity contribution in [2.24, 2.45) is 0 Å². The standard InChI is InChI=1S/C23H19F3N6O3/c1-13(33)29-19-12-32-20(30-19)7-6-18(31-32)15-9-17(22(35-2)28-11-15)21(34)27-10-14-4-3-5-16(8-14)23(24,25)26/h3-9,11-12H,10H2,1-2H3,(H,27,34)(H,29,33)/i10D. The maximum Gasteiger partial charge on any atom is 0.416 e. The van der Waals surface area contributed by atoms with Crippen LogP contribution in [0.3, 0.4) is 0 Å². The van der Waals surface area contributed by atoms with Gasteiger partial charge in [-0.3, -0.25) is 9.59 Å². The van der Waals surface area contributed by atoms with E-state index in [9.17, 15) is 22.8 Å². The van der Waals surface area contributed by atoms with Crippen LogP contribution in [0.25, 0.3) is 16.9 Å². The van der Waals surface area contributed by atoms with E-state index in [1.807, 2.05) is 0 Å². The van der Waals surface area contributed by atoms with Crippen LogP contribution in [0.1, 0.15) is 29.8 Å². The third-order valence-electron chi connectivity index (χ3n) is 4.79. The molecule has 0 aliphatic rings. The molecule has 2 amide bonds. The van der Waals surface area contributed by atoms with Gasteiger partial charge in [-0.05, 0) is 35.9 Å². The predicted molar refractivity (Wildman–Crippen MR) is 120 cm³/mol. The summed E-state index contributed by atoms with van der Waals surface area (Å²) in [6.45, 7) is -0.117. The van der Waals surface area contributed by atoms with E-state index < -0.39 is 24.2 Å². The lowest BCUT2D eigenvalue weighted by atomic mass is 10.1. The zero-order chi connectivity index (χ0) is 26.0. The normalized spacial score (nSPS) is 12.7. The Labute approximate surface area is 198 Å². The van der Waals surface area contributed by atoms with E-state index in [2.05, 4.69) is 25.7 Å². The van der Waals surface area contributed by atoms with Crippen LogP contribution in [-0.4, -0.2) is 38.5 Å². The Balaban J connectivity index is 1.61. The zero-order valence-corrected chi connectivity index (χ0v) is 18.4. The average molecular weight is 485 g/mol. The Morgan fingerprint density at radius 3 is 2.71 bits per heavy atom. The molecule has 35 heavy (non-hydrogen) atoms. The predicted octanol–water partition coefficient (Wildman–Crippen LogP) is 3.71. The molecule has 4 rings (SSSR count). The number of hydrogen-bond acceptors (Lipinski definition) is 6. The number of anilines is 1. The molecule has 0 saturated carbocycles. The molecule has 0 bridgehead atoms. The number of nitrogens with one attached hydrogen (secondary N) is 2. The summed E-state index contributed by atoms with van der Waals surface area (Å²) in [7, 11) is 1.31. The van der Waals surface area contributed by atoms with Crippen LogP contribution in [0.2, 0.25) is 0 Å². The van der Waals surface area contributed by atoms with Crippen LogP contribution in [0, 0.1) is 0 Å². The van der Waals surface area contributed by atoms with Crippen LogP contribution in [0.15, 0.2) is 54.9 Å². The second-order valence-electron chi connectivity index (χ2n) is 7.35. The minimum absolute atomic E-state index is 0.0364. The smallest absolute Gasteiger partial charge is 0.416 e. The van der Waals surface area contributed by atoms with Gasteiger partial charge in [0.05, 0.1) is 25.9 Å². The fourth-order valence-electron chi connectivity index (χ4n) is 3.23. The molecule has 3 aromatic heterocycles. The van der Waals surface area contributed by atoms with E-state index in [1.54, 1.807) is 12.1 Å². The number of halogens is 3. The maximum absolute atomic E-state index is 13.0. The molecule has 0 aliphatic carbocycles. The number of benzene rings is 1. The molecule has 3 heterocycles. The van der Waals surface area contributed by atoms with Crippen LogP contribution in [0.5, 0.6) is 5.88 Å². The summed E-state index contributed by atoms with van der Waals surface area (Å²) in [6, 6.07) is 8.93. The van der Waals surface area contributed by atoms with Crippen LogP contribution in [0.4, 0.5) is 19.0 Å². The second-order valence-corrected chi connectivity index (χ2v) is 7.35. The highest BCUT2D eigenvalue weighted by molar-refractivity contribution is 5.97. The molecule has 180 valence electrons. The van der Waals surface area contributed by atoms with Crippen molar-refractivity contribution in [3.05, 3.63) is 71.5 Å². The topological polar surface area (TPSA) is 111 Å². The number of alkyl halides is 3. The number of carbonyl (C=O) groups excluding carboxylic acids is 2. The fourth-order valence-corrected chi connectivity index (χ4v) is 3.23. The van der Waals surface area contributed by atoms with Gasteiger partial charge >= 0.3 is 6.18 Å². The first kappa shape index (κ1) is 22.3. The zero-order valence-electron chi connectivity index (χ0n) is 19.4. The Bertz CT molecular complexity index is 1460. The summed E-state index contributed by atoms with van der Waals surface area (Å²) >= 11 is 0. The van der Waals surface area contributed by atoms with E-state index in [0.717, 1.165) is 12.1 Å². The van der Waals surface area contributed by atoms with E-state index in [0.29, 0.717) is 22.7 Å². The van der Waals surface area contributed by atoms with Crippen molar-refractivity contribution in [1.29, 1.82) is 0 Å². The van der Waals surface area contributed by atoms with Gasteiger partial charge in [0, 0.05) is 25.2 Å². The molecule has 1 unspecified atom stereocenters. The lowest BCUT2D eigenvalue weighted by molar-refractivity contribution is -0.137. The average Bonchev–Trinajstić information content (AvgIpc) is 3.23. The first-order chi connectivity index (χ1) is 17.0. The first-order valence-electron chi connectivity index (χ1n) is 10.7. The highest BCUT2D eigenvalue weighted by atomic mass is 19.4. The van der Waals surface area contributed by atoms with Gasteiger partial charge in [-0.25, -0.2) is 14.5 Å². The third kappa shape index (κ3) is 5.37. The molecule has 0 radical (unpaired) electrons. The van der Waals surface area contributed by atoms with Gasteiger partial charge in [0.1, 0.15) is 5.56 Å². The summed E-state index contributed by atoms with van der Waals surface area (Å²) in [6.07, 6.45) is -1.63. The molecule has 0 spiro atoms. The number of methoxy groups -OCH3 is 1. The number of nitrogens with zero attached hydrogens (tertiary/aromatic N) is 4. The fraction of sp³-hybridized carbons (Fsp3) is 0.174. The molecule has 12 heteroatoms. The minimum Gasteiger partial charge on any atom is -0.480 e. The van der Waals surface area contributed by atoms with Gasteiger partial charge < -0.3 is 15.4 Å². The minimum atomic E-state index is -4.58. The molecule has 1 atom stereocenters. The van der Waals surface area contributed by atoms with Gasteiger partial charge in [-0.15, -0.1) is 0 Å². The summed E-state index contributed by atoms with van der Waals surface area (Å²) in [5, 5.41) is 9.34. The van der Waals surface area contributed by atoms with Crippen molar-refractivity contribution in [2.45, 2.75) is 19.6 Å². The van der Waals surface area contributed by atoms with E-state index in [4.69, 9.17) is 6.11 Å². The number of aromatic nitrogens is 4. The SMILES string of the molecule is [2H]C(NC(=O)c1cc(-c2ccc3nc(NC(C)=O)cn3n2)cnc1OC)c1cccc(C(F)(F)F)c1. The summed E-state index contributed by atoms with van der Waals surface area (Å²) in [4.78, 5) is 32.6. The second kappa shape index (κ2) is 9.41. The van der Waals surface area contributed by atoms with Gasteiger partial charge in [0.15, 0.2) is 11.5 Å². The number of pyridine rings is 1. The van der Waals surface area contributed by atoms with Crippen molar-refractivity contribution in [3.63, 3.8) is 0 Å². The lowest BCUT2D eigenvalue weighted by Gasteiger charge is -2.12. The number of fused-ring (bicyclic) bond motifs is 1. The number of imidazole rings is 1. The number of carbonyl (C=O) groups is 2. The Hall–Kier alpha value is -4.48. The van der Waals surface area contributed by atoms with Gasteiger partial charge in [0.25, 0.3) is 5.91 Å². The highest BCUT2D eigenvalue weighted by Gasteiger charge is 2.30. The molecule has 4 aromatic rings. The Morgan fingerprint density at radius 2 is 2.00 bits per heavy atom. The summed E-state index contributed by atoms with van der Waals surface area (Å²) in [5.41, 5.74) is 0.321. The van der Waals surface area contributed by atoms with Gasteiger partial charge in [0.2, 0.25) is 11.8 Å². The number of rotatable bonds is 6. The molecule has 0 saturated heterocycles. The summed E-state index contributed by atoms with van der Waals surface area (Å²) < 4.78 is 53.8. The largest absolute Gasteiger partial charge is 0.480 e. The molecular formula is C23H19F3N6O3. The monoisotopic (exact) mass is 485 g/mol. The van der Waals surface area contributed by atoms with Gasteiger partial charge in [-0.1, -0.05) is 12.1 Å². The number of hydrogen-bond donors (Lipinski definition) is 2. The van der Waals surface area contributed by atoms with E-state index >= 15 is 0 Å². The van der Waals surface area contributed by atoms with Crippen LogP contribution in [-0.2, 0) is 17.5 Å². The van der Waals surface area contributed by atoms with Crippen molar-refractivity contribution in [2.75, 3.05) is 12.4 Å². The quantitative estimate of drug-likeness (QED) is 0.431. The van der Waals surface area contributed by atoms with Crippen molar-refractivity contribution in [3.8, 4) is 17.1 Å². The van der Waals surface area contributed by atoms with Crippen molar-refractivity contribution >= 4 is 23.3 Å². The first-order valence-corrected chi connectivity index (χ1v) is 10.1. The molecule has 2 N–H and O–H groups in total. The molecular weight excluding hydrogens is 465 g/mol. The third-order valence-corrected chi connectivity index (χ3v) is 4.79. The maximum atomic E-state index is 13.0. The van der Waals surface area contributed by atoms with E-state index in [-0.39, 0.29) is 22.9 Å². The lowest BCUT2D eigenvalue weighted by Crippen LogP contribution is -2.24. The van der Waals surface area contributed by atoms with Crippen molar-refractivity contribution < 1.29 is 28.9 Å². The Morgan fingerprint density at radius 1 is 1.20 bits per heavy atom. The highest BCUT2D eigenvalue weighted by Crippen LogP contribution is 2.29. The van der Waals surface area contributed by atoms with Crippen LogP contribution < -0.4 is 15.4 Å². The summed E-state index contributed by atoms with van der Waals surface area (Å²) in [5.74, 6) is -0.776. The molecule has 1 aromatic carbocycles. The number of amides is 2. The van der Waals surface area contributed by atoms with Crippen molar-refractivity contribution in [1.82, 2.24) is 24.9 Å². The van der Waals surface area contributed by atoms with Crippen LogP contribution >= 0.6 is 0 Å². The van der Waals surface area contributed by atoms with Gasteiger partial charge in [-0.2, -0.15) is 18.3 Å². The number of ether oxygens (including phenoxy) is 1. The Kier molecular flexibility index (Phi) is 6.00.